The maximum atomic E-state index is 3.45. The third-order valence-corrected chi connectivity index (χ3v) is 6.33. The molecule has 0 atom stereocenters. The van der Waals surface area contributed by atoms with E-state index >= 15 is 0 Å². The maximum absolute atomic E-state index is 3.45. The summed E-state index contributed by atoms with van der Waals surface area (Å²) in [4.78, 5) is 0. The van der Waals surface area contributed by atoms with Gasteiger partial charge in [0.05, 0.1) is 0 Å². The van der Waals surface area contributed by atoms with Crippen molar-refractivity contribution >= 4 is 3.21 Å². The first-order valence-corrected chi connectivity index (χ1v) is 11.2. The molecule has 3 heteroatoms. The van der Waals surface area contributed by atoms with E-state index in [-0.39, 0.29) is 24.8 Å². The van der Waals surface area contributed by atoms with Gasteiger partial charge in [0, 0.05) is 0 Å². The minimum atomic E-state index is 0. The van der Waals surface area contributed by atoms with Crippen molar-refractivity contribution in [2.75, 3.05) is 0 Å². The molecule has 0 N–H and O–H groups in total. The molecule has 1 fully saturated rings. The fourth-order valence-corrected chi connectivity index (χ4v) is 4.54. The van der Waals surface area contributed by atoms with Crippen molar-refractivity contribution in [3.63, 3.8) is 0 Å². The molecule has 0 amide bonds. The molecule has 3 aromatic carbocycles. The number of rotatable bonds is 0. The molecule has 5 rings (SSSR count). The SMILES string of the molecule is Cc1[c-]c2c(cc1)-c1ccc(C)cc1C2.[Cl-].[Cl-].[Zr+2]=[C]1CCCCC1.c1cc[cH-]c1. The monoisotopic (exact) mass is 500 g/mol. The molecule has 2 aliphatic rings. The van der Waals surface area contributed by atoms with Crippen LogP contribution in [0.25, 0.3) is 11.1 Å². The first-order chi connectivity index (χ1) is 13.1. The Balaban J connectivity index is 0.000000252. The van der Waals surface area contributed by atoms with Gasteiger partial charge < -0.3 is 24.8 Å². The van der Waals surface area contributed by atoms with E-state index in [1.165, 1.54) is 65.5 Å². The minimum Gasteiger partial charge on any atom is -0.214 e. The van der Waals surface area contributed by atoms with Crippen LogP contribution in [0, 0.1) is 19.9 Å². The molecule has 0 aliphatic heterocycles. The Labute approximate surface area is 203 Å². The van der Waals surface area contributed by atoms with Crippen molar-refractivity contribution in [2.45, 2.75) is 52.4 Å². The molecule has 152 valence electrons. The van der Waals surface area contributed by atoms with E-state index in [2.05, 4.69) is 50.2 Å². The summed E-state index contributed by atoms with van der Waals surface area (Å²) in [5.41, 5.74) is 8.15. The fourth-order valence-electron chi connectivity index (χ4n) is 3.67. The summed E-state index contributed by atoms with van der Waals surface area (Å²) < 4.78 is 1.80. The number of aryl methyl sites for hydroxylation is 2. The molecular weight excluding hydrogens is 474 g/mol. The summed E-state index contributed by atoms with van der Waals surface area (Å²) in [5, 5.41) is 0. The minimum absolute atomic E-state index is 0. The Morgan fingerprint density at radius 3 is 2.07 bits per heavy atom. The molecule has 0 radical (unpaired) electrons. The quantitative estimate of drug-likeness (QED) is 0.312. The smallest absolute Gasteiger partial charge is 0.172 e. The van der Waals surface area contributed by atoms with Crippen LogP contribution in [0.4, 0.5) is 0 Å². The van der Waals surface area contributed by atoms with Gasteiger partial charge in [-0.05, 0) is 18.9 Å². The second-order valence-electron chi connectivity index (χ2n) is 7.50. The van der Waals surface area contributed by atoms with E-state index in [0.717, 1.165) is 6.42 Å². The van der Waals surface area contributed by atoms with Gasteiger partial charge in [0.25, 0.3) is 0 Å². The van der Waals surface area contributed by atoms with Crippen molar-refractivity contribution in [2.24, 2.45) is 0 Å². The average Bonchev–Trinajstić information content (AvgIpc) is 3.33. The van der Waals surface area contributed by atoms with Crippen LogP contribution in [0.15, 0.2) is 60.7 Å². The van der Waals surface area contributed by atoms with Crippen LogP contribution in [-0.2, 0) is 30.7 Å². The van der Waals surface area contributed by atoms with Gasteiger partial charge in [-0.3, -0.25) is 0 Å². The molecule has 2 aliphatic carbocycles. The zero-order valence-corrected chi connectivity index (χ0v) is 21.2. The molecule has 0 unspecified atom stereocenters. The van der Waals surface area contributed by atoms with Gasteiger partial charge in [0.15, 0.2) is 0 Å². The zero-order chi connectivity index (χ0) is 19.1. The third-order valence-electron chi connectivity index (χ3n) is 5.10. The molecule has 1 saturated carbocycles. The molecule has 3 aromatic rings. The molecular formula is C26H28Cl2Zr-2. The van der Waals surface area contributed by atoms with Gasteiger partial charge in [-0.15, -0.1) is 11.1 Å². The topological polar surface area (TPSA) is 0 Å². The fraction of sp³-hybridized carbons (Fsp3) is 0.308. The van der Waals surface area contributed by atoms with Crippen molar-refractivity contribution in [3.05, 3.63) is 89.0 Å². The Kier molecular flexibility index (Phi) is 12.1. The first-order valence-electron chi connectivity index (χ1n) is 9.98. The largest absolute Gasteiger partial charge is 0.214 e. The van der Waals surface area contributed by atoms with Crippen molar-refractivity contribution in [1.29, 1.82) is 0 Å². The molecule has 0 heterocycles. The second-order valence-corrected chi connectivity index (χ2v) is 9.24. The number of fused-ring (bicyclic) bond motifs is 3. The summed E-state index contributed by atoms with van der Waals surface area (Å²) in [7, 11) is 0. The van der Waals surface area contributed by atoms with Crippen molar-refractivity contribution in [1.82, 2.24) is 0 Å². The zero-order valence-electron chi connectivity index (χ0n) is 17.3. The Hall–Kier alpha value is -0.877. The van der Waals surface area contributed by atoms with E-state index in [4.69, 9.17) is 0 Å². The van der Waals surface area contributed by atoms with Crippen LogP contribution in [0.2, 0.25) is 0 Å². The van der Waals surface area contributed by atoms with E-state index in [1.807, 2.05) is 30.3 Å². The summed E-state index contributed by atoms with van der Waals surface area (Å²) in [6.45, 7) is 4.26. The van der Waals surface area contributed by atoms with Crippen LogP contribution in [0.1, 0.15) is 54.4 Å². The van der Waals surface area contributed by atoms with Crippen LogP contribution < -0.4 is 24.8 Å². The molecule has 29 heavy (non-hydrogen) atoms. The van der Waals surface area contributed by atoms with Crippen LogP contribution in [-0.4, -0.2) is 3.21 Å². The number of halogens is 2. The van der Waals surface area contributed by atoms with Crippen molar-refractivity contribution in [3.8, 4) is 11.1 Å². The normalized spacial score (nSPS) is 13.3. The van der Waals surface area contributed by atoms with E-state index in [9.17, 15) is 0 Å². The summed E-state index contributed by atoms with van der Waals surface area (Å²) >= 11 is 1.69. The predicted octanol–water partition coefficient (Wildman–Crippen LogP) is 0.758. The van der Waals surface area contributed by atoms with Gasteiger partial charge in [0.2, 0.25) is 0 Å². The molecule has 0 nitrogen and oxygen atoms in total. The van der Waals surface area contributed by atoms with E-state index in [0.29, 0.717) is 0 Å². The van der Waals surface area contributed by atoms with Gasteiger partial charge in [0.1, 0.15) is 0 Å². The van der Waals surface area contributed by atoms with Gasteiger partial charge in [-0.2, -0.15) is 42.0 Å². The first kappa shape index (κ1) is 26.2. The van der Waals surface area contributed by atoms with E-state index in [1.54, 1.807) is 27.4 Å². The Morgan fingerprint density at radius 2 is 1.52 bits per heavy atom. The molecule has 0 aromatic heterocycles. The summed E-state index contributed by atoms with van der Waals surface area (Å²) in [6, 6.07) is 24.5. The number of benzene rings is 2. The van der Waals surface area contributed by atoms with Crippen LogP contribution in [0.5, 0.6) is 0 Å². The van der Waals surface area contributed by atoms with Crippen LogP contribution >= 0.6 is 0 Å². The predicted molar refractivity (Wildman–Crippen MR) is 113 cm³/mol. The summed E-state index contributed by atoms with van der Waals surface area (Å²) in [5.74, 6) is 0. The number of hydrogen-bond acceptors (Lipinski definition) is 0. The van der Waals surface area contributed by atoms with E-state index < -0.39 is 0 Å². The summed E-state index contributed by atoms with van der Waals surface area (Å²) in [6.07, 6.45) is 8.36. The molecule has 0 bridgehead atoms. The maximum Gasteiger partial charge on any atom is -0.172 e. The standard InChI is InChI=1S/C15H13.C6H10.C5H5.2ClH.Zr/c1-10-3-5-14-12(7-10)9-13-8-11(2)4-6-15(13)14;1-2-4-6-5-3-1;1-2-4-5-3-1;;;/h3-7H,9H2,1-2H3;1-5H2;1-5H;2*1H;/q-1;;-1;;;+2/p-2. The van der Waals surface area contributed by atoms with Gasteiger partial charge in [-0.25, -0.2) is 12.1 Å². The van der Waals surface area contributed by atoms with Crippen LogP contribution in [0.3, 0.4) is 0 Å². The van der Waals surface area contributed by atoms with Gasteiger partial charge >= 0.3 is 59.5 Å². The second kappa shape index (κ2) is 13.4. The van der Waals surface area contributed by atoms with Gasteiger partial charge in [-0.1, -0.05) is 36.2 Å². The average molecular weight is 503 g/mol. The Morgan fingerprint density at radius 1 is 0.862 bits per heavy atom. The molecule has 0 saturated heterocycles. The molecule has 0 spiro atoms. The number of hydrogen-bond donors (Lipinski definition) is 0. The third kappa shape index (κ3) is 8.05. The Bertz CT molecular complexity index is 807. The van der Waals surface area contributed by atoms with Crippen molar-refractivity contribution < 1.29 is 49.0 Å².